The molecule has 0 aromatic rings. The van der Waals surface area contributed by atoms with Crippen molar-refractivity contribution in [2.45, 2.75) is 38.8 Å². The molecule has 0 radical (unpaired) electrons. The van der Waals surface area contributed by atoms with Gasteiger partial charge in [0.1, 0.15) is 0 Å². The van der Waals surface area contributed by atoms with Crippen LogP contribution in [0.5, 0.6) is 0 Å². The molecule has 0 aromatic carbocycles. The first kappa shape index (κ1) is 9.01. The minimum Gasteiger partial charge on any atom is -0.311 e. The van der Waals surface area contributed by atoms with Crippen LogP contribution in [0.2, 0.25) is 0 Å². The van der Waals surface area contributed by atoms with Crippen LogP contribution in [0.4, 0.5) is 0 Å². The van der Waals surface area contributed by atoms with Gasteiger partial charge in [0.05, 0.1) is 0 Å². The van der Waals surface area contributed by atoms with Gasteiger partial charge in [0.25, 0.3) is 0 Å². The molecule has 1 saturated heterocycles. The summed E-state index contributed by atoms with van der Waals surface area (Å²) < 4.78 is 0. The molecular formula is C9H20N2. The molecule has 0 aliphatic carbocycles. The Hall–Kier alpha value is -0.0800. The van der Waals surface area contributed by atoms with E-state index in [1.807, 2.05) is 0 Å². The smallest absolute Gasteiger partial charge is 0.0218 e. The zero-order chi connectivity index (χ0) is 8.27. The first-order valence-electron chi connectivity index (χ1n) is 4.67. The Balaban J connectivity index is 2.31. The number of nitrogens with one attached hydrogen (secondary N) is 1. The second-order valence-electron chi connectivity index (χ2n) is 3.69. The van der Waals surface area contributed by atoms with Crippen LogP contribution in [0.15, 0.2) is 0 Å². The Morgan fingerprint density at radius 1 is 1.55 bits per heavy atom. The van der Waals surface area contributed by atoms with E-state index in [-0.39, 0.29) is 0 Å². The number of rotatable bonds is 2. The maximum absolute atomic E-state index is 3.51. The number of hydrogen-bond acceptors (Lipinski definition) is 2. The molecule has 11 heavy (non-hydrogen) atoms. The quantitative estimate of drug-likeness (QED) is 0.643. The highest BCUT2D eigenvalue weighted by Gasteiger charge is 2.20. The molecule has 0 saturated carbocycles. The molecule has 1 fully saturated rings. The van der Waals surface area contributed by atoms with Crippen molar-refractivity contribution in [1.29, 1.82) is 0 Å². The zero-order valence-corrected chi connectivity index (χ0v) is 7.93. The monoisotopic (exact) mass is 156 g/mol. The van der Waals surface area contributed by atoms with Crippen molar-refractivity contribution in [2.24, 2.45) is 0 Å². The van der Waals surface area contributed by atoms with Crippen molar-refractivity contribution in [3.8, 4) is 0 Å². The third-order valence-electron chi connectivity index (χ3n) is 2.51. The lowest BCUT2D eigenvalue weighted by molar-refractivity contribution is 0.161. The largest absolute Gasteiger partial charge is 0.311 e. The lowest BCUT2D eigenvalue weighted by Crippen LogP contribution is -2.53. The van der Waals surface area contributed by atoms with Crippen LogP contribution in [0.25, 0.3) is 0 Å². The van der Waals surface area contributed by atoms with Crippen LogP contribution in [-0.2, 0) is 0 Å². The van der Waals surface area contributed by atoms with Crippen molar-refractivity contribution in [1.82, 2.24) is 10.2 Å². The maximum Gasteiger partial charge on any atom is 0.0218 e. The highest BCUT2D eigenvalue weighted by atomic mass is 15.2. The first-order valence-corrected chi connectivity index (χ1v) is 4.67. The molecule has 2 unspecified atom stereocenters. The summed E-state index contributed by atoms with van der Waals surface area (Å²) in [7, 11) is 2.23. The summed E-state index contributed by atoms with van der Waals surface area (Å²) in [5.74, 6) is 0. The SMILES string of the molecule is CCCC1CNC(C)CN1C. The molecule has 1 heterocycles. The molecule has 1 aliphatic rings. The molecule has 66 valence electrons. The van der Waals surface area contributed by atoms with Gasteiger partial charge in [-0.15, -0.1) is 0 Å². The van der Waals surface area contributed by atoms with Crippen molar-refractivity contribution in [3.63, 3.8) is 0 Å². The van der Waals surface area contributed by atoms with E-state index in [1.54, 1.807) is 0 Å². The summed E-state index contributed by atoms with van der Waals surface area (Å²) in [6.45, 7) is 6.88. The molecule has 2 atom stereocenters. The molecule has 0 spiro atoms. The molecule has 0 aromatic heterocycles. The highest BCUT2D eigenvalue weighted by molar-refractivity contribution is 4.81. The fourth-order valence-electron chi connectivity index (χ4n) is 1.79. The average Bonchev–Trinajstić information content (AvgIpc) is 1.95. The molecular weight excluding hydrogens is 136 g/mol. The third-order valence-corrected chi connectivity index (χ3v) is 2.51. The number of piperazine rings is 1. The Morgan fingerprint density at radius 2 is 2.27 bits per heavy atom. The van der Waals surface area contributed by atoms with E-state index in [0.717, 1.165) is 6.04 Å². The lowest BCUT2D eigenvalue weighted by Gasteiger charge is -2.36. The minimum atomic E-state index is 0.674. The average molecular weight is 156 g/mol. The molecule has 0 bridgehead atoms. The van der Waals surface area contributed by atoms with Gasteiger partial charge in [-0.1, -0.05) is 13.3 Å². The van der Waals surface area contributed by atoms with E-state index in [1.165, 1.54) is 25.9 Å². The first-order chi connectivity index (χ1) is 5.24. The second kappa shape index (κ2) is 4.07. The standard InChI is InChI=1S/C9H20N2/c1-4-5-9-6-10-8(2)7-11(9)3/h8-10H,4-7H2,1-3H3. The fourth-order valence-corrected chi connectivity index (χ4v) is 1.79. The van der Waals surface area contributed by atoms with Gasteiger partial charge in [0.2, 0.25) is 0 Å². The summed E-state index contributed by atoms with van der Waals surface area (Å²) in [5, 5.41) is 3.51. The summed E-state index contributed by atoms with van der Waals surface area (Å²) in [6.07, 6.45) is 2.63. The van der Waals surface area contributed by atoms with E-state index in [0.29, 0.717) is 6.04 Å². The maximum atomic E-state index is 3.51. The molecule has 1 aliphatic heterocycles. The Bertz CT molecular complexity index is 114. The molecule has 1 N–H and O–H groups in total. The van der Waals surface area contributed by atoms with Gasteiger partial charge in [0.15, 0.2) is 0 Å². The normalized spacial score (nSPS) is 34.1. The van der Waals surface area contributed by atoms with Gasteiger partial charge in [-0.2, -0.15) is 0 Å². The summed E-state index contributed by atoms with van der Waals surface area (Å²) in [6, 6.07) is 1.45. The van der Waals surface area contributed by atoms with Gasteiger partial charge in [-0.3, -0.25) is 0 Å². The van der Waals surface area contributed by atoms with Crippen molar-refractivity contribution in [2.75, 3.05) is 20.1 Å². The fraction of sp³-hybridized carbons (Fsp3) is 1.00. The van der Waals surface area contributed by atoms with Gasteiger partial charge in [-0.05, 0) is 20.4 Å². The lowest BCUT2D eigenvalue weighted by atomic mass is 10.1. The van der Waals surface area contributed by atoms with E-state index >= 15 is 0 Å². The molecule has 0 amide bonds. The van der Waals surface area contributed by atoms with Crippen LogP contribution in [0, 0.1) is 0 Å². The number of likely N-dealkylation sites (N-methyl/N-ethyl adjacent to an activating group) is 1. The van der Waals surface area contributed by atoms with Gasteiger partial charge in [0, 0.05) is 25.2 Å². The van der Waals surface area contributed by atoms with E-state index in [2.05, 4.69) is 31.1 Å². The van der Waals surface area contributed by atoms with Gasteiger partial charge >= 0.3 is 0 Å². The Morgan fingerprint density at radius 3 is 2.82 bits per heavy atom. The summed E-state index contributed by atoms with van der Waals surface area (Å²) in [5.41, 5.74) is 0. The van der Waals surface area contributed by atoms with E-state index < -0.39 is 0 Å². The topological polar surface area (TPSA) is 15.3 Å². The van der Waals surface area contributed by atoms with E-state index in [9.17, 15) is 0 Å². The van der Waals surface area contributed by atoms with Crippen LogP contribution >= 0.6 is 0 Å². The van der Waals surface area contributed by atoms with Crippen LogP contribution in [0.1, 0.15) is 26.7 Å². The molecule has 2 heteroatoms. The third kappa shape index (κ3) is 2.46. The van der Waals surface area contributed by atoms with Crippen molar-refractivity contribution < 1.29 is 0 Å². The number of hydrogen-bond donors (Lipinski definition) is 1. The Labute approximate surface area is 70.0 Å². The molecule has 1 rings (SSSR count). The summed E-state index contributed by atoms with van der Waals surface area (Å²) in [4.78, 5) is 2.48. The van der Waals surface area contributed by atoms with Crippen molar-refractivity contribution in [3.05, 3.63) is 0 Å². The van der Waals surface area contributed by atoms with E-state index in [4.69, 9.17) is 0 Å². The minimum absolute atomic E-state index is 0.674. The highest BCUT2D eigenvalue weighted by Crippen LogP contribution is 2.08. The Kier molecular flexibility index (Phi) is 3.34. The van der Waals surface area contributed by atoms with Gasteiger partial charge in [-0.25, -0.2) is 0 Å². The summed E-state index contributed by atoms with van der Waals surface area (Å²) >= 11 is 0. The molecule has 2 nitrogen and oxygen atoms in total. The predicted octanol–water partition coefficient (Wildman–Crippen LogP) is 1.08. The predicted molar refractivity (Wildman–Crippen MR) is 48.8 cm³/mol. The van der Waals surface area contributed by atoms with Crippen LogP contribution in [-0.4, -0.2) is 37.1 Å². The number of nitrogens with zero attached hydrogens (tertiary/aromatic N) is 1. The van der Waals surface area contributed by atoms with Crippen LogP contribution < -0.4 is 5.32 Å². The van der Waals surface area contributed by atoms with Gasteiger partial charge < -0.3 is 10.2 Å². The zero-order valence-electron chi connectivity index (χ0n) is 7.93. The van der Waals surface area contributed by atoms with Crippen LogP contribution in [0.3, 0.4) is 0 Å². The van der Waals surface area contributed by atoms with Crippen molar-refractivity contribution >= 4 is 0 Å². The second-order valence-corrected chi connectivity index (χ2v) is 3.69.